The predicted molar refractivity (Wildman–Crippen MR) is 87.7 cm³/mol. The van der Waals surface area contributed by atoms with Gasteiger partial charge in [-0.05, 0) is 45.4 Å². The molecule has 2 atom stereocenters. The molecule has 1 fully saturated rings. The molecule has 1 aromatic carbocycles. The molecule has 0 aliphatic carbocycles. The van der Waals surface area contributed by atoms with E-state index in [9.17, 15) is 4.79 Å². The fourth-order valence-electron chi connectivity index (χ4n) is 3.29. The van der Waals surface area contributed by atoms with Gasteiger partial charge in [0.15, 0.2) is 0 Å². The monoisotopic (exact) mass is 300 g/mol. The van der Waals surface area contributed by atoms with E-state index in [1.165, 1.54) is 6.42 Å². The molecule has 2 heterocycles. The Morgan fingerprint density at radius 1 is 1.45 bits per heavy atom. The van der Waals surface area contributed by atoms with Crippen LogP contribution in [0, 0.1) is 0 Å². The number of carbonyl (C=O) groups excluding carboxylic acids is 1. The molecule has 2 unspecified atom stereocenters. The lowest BCUT2D eigenvalue weighted by molar-refractivity contribution is -0.133. The lowest BCUT2D eigenvalue weighted by atomic mass is 10.1. The van der Waals surface area contributed by atoms with Gasteiger partial charge in [-0.15, -0.1) is 0 Å². The predicted octanol–water partition coefficient (Wildman–Crippen LogP) is 3.48. The third-order valence-electron chi connectivity index (χ3n) is 4.57. The highest BCUT2D eigenvalue weighted by atomic mass is 16.3. The van der Waals surface area contributed by atoms with E-state index in [4.69, 9.17) is 4.42 Å². The molecule has 1 saturated heterocycles. The molecule has 1 N–H and O–H groups in total. The molecule has 3 rings (SSSR count). The second kappa shape index (κ2) is 6.53. The van der Waals surface area contributed by atoms with Gasteiger partial charge in [0, 0.05) is 24.4 Å². The Bertz CT molecular complexity index is 610. The number of hydrogen-bond acceptors (Lipinski definition) is 3. The van der Waals surface area contributed by atoms with Crippen molar-refractivity contribution in [3.8, 4) is 0 Å². The molecule has 4 nitrogen and oxygen atoms in total. The third kappa shape index (κ3) is 3.02. The second-order valence-electron chi connectivity index (χ2n) is 6.04. The maximum atomic E-state index is 12.6. The van der Waals surface area contributed by atoms with Crippen LogP contribution in [0.1, 0.15) is 44.9 Å². The van der Waals surface area contributed by atoms with Crippen molar-refractivity contribution in [1.29, 1.82) is 0 Å². The van der Waals surface area contributed by atoms with E-state index in [2.05, 4.69) is 5.32 Å². The standard InChI is InChI=1S/C18H24N2O2/c1-3-20(18(21)12-15-8-6-10-19-15)13(2)17-11-14-7-4-5-9-16(14)22-17/h4-5,7,9,11,13,15,19H,3,6,8,10,12H2,1-2H3. The maximum Gasteiger partial charge on any atom is 0.224 e. The third-order valence-corrected chi connectivity index (χ3v) is 4.57. The number of rotatable bonds is 5. The molecule has 1 aliphatic heterocycles. The summed E-state index contributed by atoms with van der Waals surface area (Å²) in [6, 6.07) is 10.3. The molecular weight excluding hydrogens is 276 g/mol. The van der Waals surface area contributed by atoms with Crippen molar-refractivity contribution in [2.75, 3.05) is 13.1 Å². The average Bonchev–Trinajstić information content (AvgIpc) is 3.16. The number of nitrogens with one attached hydrogen (secondary N) is 1. The summed E-state index contributed by atoms with van der Waals surface area (Å²) in [5, 5.41) is 4.48. The summed E-state index contributed by atoms with van der Waals surface area (Å²) in [7, 11) is 0. The van der Waals surface area contributed by atoms with Crippen molar-refractivity contribution in [2.24, 2.45) is 0 Å². The summed E-state index contributed by atoms with van der Waals surface area (Å²) in [6.07, 6.45) is 2.85. The number of fused-ring (bicyclic) bond motifs is 1. The lowest BCUT2D eigenvalue weighted by Gasteiger charge is -2.27. The van der Waals surface area contributed by atoms with E-state index >= 15 is 0 Å². The van der Waals surface area contributed by atoms with Crippen LogP contribution in [0.5, 0.6) is 0 Å². The van der Waals surface area contributed by atoms with Gasteiger partial charge in [0.1, 0.15) is 11.3 Å². The summed E-state index contributed by atoms with van der Waals surface area (Å²) in [6.45, 7) is 5.80. The van der Waals surface area contributed by atoms with E-state index in [-0.39, 0.29) is 11.9 Å². The number of furan rings is 1. The van der Waals surface area contributed by atoms with Crippen LogP contribution in [-0.2, 0) is 4.79 Å². The summed E-state index contributed by atoms with van der Waals surface area (Å²) in [5.41, 5.74) is 0.880. The number of nitrogens with zero attached hydrogens (tertiary/aromatic N) is 1. The van der Waals surface area contributed by atoms with Gasteiger partial charge in [-0.1, -0.05) is 18.2 Å². The Balaban J connectivity index is 1.75. The zero-order chi connectivity index (χ0) is 15.5. The Labute approximate surface area is 131 Å². The molecule has 0 bridgehead atoms. The molecule has 118 valence electrons. The van der Waals surface area contributed by atoms with Crippen LogP contribution >= 0.6 is 0 Å². The smallest absolute Gasteiger partial charge is 0.224 e. The molecule has 22 heavy (non-hydrogen) atoms. The Hall–Kier alpha value is -1.81. The summed E-state index contributed by atoms with van der Waals surface area (Å²) in [4.78, 5) is 14.5. The summed E-state index contributed by atoms with van der Waals surface area (Å²) < 4.78 is 5.92. The first-order chi connectivity index (χ1) is 10.7. The topological polar surface area (TPSA) is 45.5 Å². The maximum absolute atomic E-state index is 12.6. The molecular formula is C18H24N2O2. The number of hydrogen-bond donors (Lipinski definition) is 1. The number of benzene rings is 1. The largest absolute Gasteiger partial charge is 0.459 e. The van der Waals surface area contributed by atoms with Gasteiger partial charge in [0.2, 0.25) is 5.91 Å². The van der Waals surface area contributed by atoms with E-state index in [1.807, 2.05) is 49.1 Å². The minimum Gasteiger partial charge on any atom is -0.459 e. The highest BCUT2D eigenvalue weighted by molar-refractivity contribution is 5.79. The van der Waals surface area contributed by atoms with Crippen LogP contribution in [0.2, 0.25) is 0 Å². The zero-order valence-electron chi connectivity index (χ0n) is 13.3. The molecule has 0 radical (unpaired) electrons. The molecule has 1 aromatic heterocycles. The van der Waals surface area contributed by atoms with Crippen LogP contribution in [0.15, 0.2) is 34.7 Å². The Morgan fingerprint density at radius 3 is 2.95 bits per heavy atom. The Kier molecular flexibility index (Phi) is 4.48. The first-order valence-corrected chi connectivity index (χ1v) is 8.20. The van der Waals surface area contributed by atoms with E-state index in [1.54, 1.807) is 0 Å². The SMILES string of the molecule is CCN(C(=O)CC1CCCN1)C(C)c1cc2ccccc2o1. The number of para-hydroxylation sites is 1. The summed E-state index contributed by atoms with van der Waals surface area (Å²) in [5.74, 6) is 1.06. The van der Waals surface area contributed by atoms with Crippen molar-refractivity contribution in [1.82, 2.24) is 10.2 Å². The Morgan fingerprint density at radius 2 is 2.27 bits per heavy atom. The second-order valence-corrected chi connectivity index (χ2v) is 6.04. The van der Waals surface area contributed by atoms with Crippen molar-refractivity contribution >= 4 is 16.9 Å². The van der Waals surface area contributed by atoms with Gasteiger partial charge < -0.3 is 14.6 Å². The first-order valence-electron chi connectivity index (χ1n) is 8.20. The minimum atomic E-state index is -0.0358. The first kappa shape index (κ1) is 15.1. The van der Waals surface area contributed by atoms with Crippen LogP contribution in [0.25, 0.3) is 11.0 Å². The van der Waals surface area contributed by atoms with Gasteiger partial charge in [0.25, 0.3) is 0 Å². The van der Waals surface area contributed by atoms with E-state index in [0.29, 0.717) is 19.0 Å². The molecule has 4 heteroatoms. The van der Waals surface area contributed by atoms with Crippen LogP contribution in [-0.4, -0.2) is 29.9 Å². The van der Waals surface area contributed by atoms with Gasteiger partial charge >= 0.3 is 0 Å². The zero-order valence-corrected chi connectivity index (χ0v) is 13.3. The van der Waals surface area contributed by atoms with Crippen molar-refractivity contribution in [2.45, 2.75) is 45.2 Å². The molecule has 2 aromatic rings. The van der Waals surface area contributed by atoms with Gasteiger partial charge in [0.05, 0.1) is 6.04 Å². The lowest BCUT2D eigenvalue weighted by Crippen LogP contribution is -2.37. The highest BCUT2D eigenvalue weighted by Gasteiger charge is 2.26. The van der Waals surface area contributed by atoms with Crippen molar-refractivity contribution in [3.63, 3.8) is 0 Å². The average molecular weight is 300 g/mol. The quantitative estimate of drug-likeness (QED) is 0.919. The minimum absolute atomic E-state index is 0.0358. The van der Waals surface area contributed by atoms with Crippen LogP contribution < -0.4 is 5.32 Å². The fourth-order valence-corrected chi connectivity index (χ4v) is 3.29. The number of carbonyl (C=O) groups is 1. The van der Waals surface area contributed by atoms with Crippen molar-refractivity contribution < 1.29 is 9.21 Å². The molecule has 1 amide bonds. The van der Waals surface area contributed by atoms with E-state index in [0.717, 1.165) is 29.7 Å². The van der Waals surface area contributed by atoms with Crippen LogP contribution in [0.4, 0.5) is 0 Å². The number of amides is 1. The van der Waals surface area contributed by atoms with Crippen molar-refractivity contribution in [3.05, 3.63) is 36.1 Å². The van der Waals surface area contributed by atoms with Crippen LogP contribution in [0.3, 0.4) is 0 Å². The molecule has 1 aliphatic rings. The highest BCUT2D eigenvalue weighted by Crippen LogP contribution is 2.28. The van der Waals surface area contributed by atoms with Gasteiger partial charge in [-0.3, -0.25) is 4.79 Å². The van der Waals surface area contributed by atoms with Gasteiger partial charge in [-0.2, -0.15) is 0 Å². The molecule has 0 saturated carbocycles. The molecule has 0 spiro atoms. The fraction of sp³-hybridized carbons (Fsp3) is 0.500. The van der Waals surface area contributed by atoms with Gasteiger partial charge in [-0.25, -0.2) is 0 Å². The normalized spacial score (nSPS) is 19.5. The summed E-state index contributed by atoms with van der Waals surface area (Å²) >= 11 is 0. The van der Waals surface area contributed by atoms with E-state index < -0.39 is 0 Å².